The Hall–Kier alpha value is -4.91. The number of aromatic nitrogens is 1. The summed E-state index contributed by atoms with van der Waals surface area (Å²) < 4.78 is 44.5. The Labute approximate surface area is 243 Å². The number of hydrogen-bond acceptors (Lipinski definition) is 8. The lowest BCUT2D eigenvalue weighted by Gasteiger charge is -2.22. The summed E-state index contributed by atoms with van der Waals surface area (Å²) in [6.45, 7) is 1.91. The van der Waals surface area contributed by atoms with Crippen LogP contribution in [0.15, 0.2) is 71.8 Å². The third-order valence-corrected chi connectivity index (χ3v) is 7.17. The zero-order chi connectivity index (χ0) is 30.4. The standard InChI is InChI=1S/C29H31FN6O5S/c1-4-41-21-7-9-24(30)23(15-21)26(34-19-5-8-22-17(13-19)11-12-32-27(22)31)28(37)33-16-18-14-20(35-29(38)36(2)3)6-10-25(18)42(39)40/h5-15,26,34,42H,4,16H2,1-3H3,(H2,31,32)(H,33,37)(H,35,38). The molecule has 0 aliphatic rings. The van der Waals surface area contributed by atoms with Crippen molar-refractivity contribution in [1.29, 1.82) is 0 Å². The SMILES string of the molecule is CCOc1ccc(F)c(C(Nc2ccc3c(N)nccc3c2)C(=O)NCc2cc(NC(=O)N(C)C)ccc2[SH](=O)=O)c1. The number of ether oxygens (including phenoxy) is 1. The zero-order valence-corrected chi connectivity index (χ0v) is 24.1. The highest BCUT2D eigenvalue weighted by Crippen LogP contribution is 2.29. The van der Waals surface area contributed by atoms with Gasteiger partial charge in [0.1, 0.15) is 23.4 Å². The van der Waals surface area contributed by atoms with Crippen LogP contribution in [0, 0.1) is 5.82 Å². The predicted molar refractivity (Wildman–Crippen MR) is 160 cm³/mol. The summed E-state index contributed by atoms with van der Waals surface area (Å²) in [4.78, 5) is 31.1. The minimum absolute atomic E-state index is 0.0231. The number of halogens is 1. The molecule has 0 radical (unpaired) electrons. The Morgan fingerprint density at radius 3 is 2.52 bits per heavy atom. The molecular formula is C29H31FN6O5S. The Balaban J connectivity index is 1.67. The summed E-state index contributed by atoms with van der Waals surface area (Å²) in [7, 11) is 0.119. The molecule has 1 atom stereocenters. The summed E-state index contributed by atoms with van der Waals surface area (Å²) >= 11 is 0. The van der Waals surface area contributed by atoms with Crippen LogP contribution in [-0.4, -0.2) is 50.9 Å². The Morgan fingerprint density at radius 1 is 1.05 bits per heavy atom. The lowest BCUT2D eigenvalue weighted by atomic mass is 10.0. The van der Waals surface area contributed by atoms with E-state index in [1.807, 2.05) is 0 Å². The van der Waals surface area contributed by atoms with Gasteiger partial charge in [0.15, 0.2) is 10.7 Å². The number of nitrogen functional groups attached to an aromatic ring is 1. The van der Waals surface area contributed by atoms with E-state index in [1.54, 1.807) is 51.5 Å². The second-order valence-electron chi connectivity index (χ2n) is 9.47. The molecule has 1 heterocycles. The molecule has 0 bridgehead atoms. The van der Waals surface area contributed by atoms with E-state index >= 15 is 4.39 Å². The lowest BCUT2D eigenvalue weighted by molar-refractivity contribution is -0.122. The number of urea groups is 1. The van der Waals surface area contributed by atoms with Crippen molar-refractivity contribution in [1.82, 2.24) is 15.2 Å². The van der Waals surface area contributed by atoms with E-state index in [-0.39, 0.29) is 22.6 Å². The number of nitrogens with one attached hydrogen (secondary N) is 3. The van der Waals surface area contributed by atoms with Crippen LogP contribution in [-0.2, 0) is 22.0 Å². The number of carbonyl (C=O) groups excluding carboxylic acids is 2. The number of nitrogens with zero attached hydrogens (tertiary/aromatic N) is 2. The summed E-state index contributed by atoms with van der Waals surface area (Å²) in [5.74, 6) is -0.551. The van der Waals surface area contributed by atoms with Crippen LogP contribution in [0.25, 0.3) is 10.8 Å². The summed E-state index contributed by atoms with van der Waals surface area (Å²) in [6, 6.07) is 13.7. The maximum absolute atomic E-state index is 15.2. The van der Waals surface area contributed by atoms with E-state index in [0.717, 1.165) is 5.39 Å². The molecule has 0 saturated carbocycles. The van der Waals surface area contributed by atoms with Gasteiger partial charge in [-0.2, -0.15) is 0 Å². The first kappa shape index (κ1) is 30.1. The number of hydrogen-bond donors (Lipinski definition) is 5. The topological polar surface area (TPSA) is 156 Å². The van der Waals surface area contributed by atoms with Gasteiger partial charge in [0.2, 0.25) is 5.91 Å². The number of fused-ring (bicyclic) bond motifs is 1. The van der Waals surface area contributed by atoms with Gasteiger partial charge in [-0.1, -0.05) is 0 Å². The van der Waals surface area contributed by atoms with E-state index in [0.29, 0.717) is 34.9 Å². The van der Waals surface area contributed by atoms with Crippen molar-refractivity contribution < 1.29 is 27.1 Å². The van der Waals surface area contributed by atoms with Crippen molar-refractivity contribution in [3.05, 3.63) is 83.8 Å². The number of nitrogens with two attached hydrogens (primary N) is 1. The molecule has 5 N–H and O–H groups in total. The minimum Gasteiger partial charge on any atom is -0.494 e. The van der Waals surface area contributed by atoms with E-state index in [2.05, 4.69) is 20.9 Å². The van der Waals surface area contributed by atoms with Gasteiger partial charge < -0.3 is 31.3 Å². The van der Waals surface area contributed by atoms with Crippen LogP contribution in [0.5, 0.6) is 5.75 Å². The maximum atomic E-state index is 15.2. The van der Waals surface area contributed by atoms with Crippen LogP contribution in [0.4, 0.5) is 26.4 Å². The van der Waals surface area contributed by atoms with Crippen molar-refractivity contribution in [3.63, 3.8) is 0 Å². The number of benzene rings is 3. The van der Waals surface area contributed by atoms with Gasteiger partial charge in [-0.05, 0) is 78.5 Å². The fraction of sp³-hybridized carbons (Fsp3) is 0.207. The average Bonchev–Trinajstić information content (AvgIpc) is 2.96. The largest absolute Gasteiger partial charge is 0.494 e. The molecule has 3 aromatic carbocycles. The molecule has 13 heteroatoms. The Kier molecular flexibility index (Phi) is 9.42. The van der Waals surface area contributed by atoms with Gasteiger partial charge in [-0.3, -0.25) is 4.79 Å². The average molecular weight is 595 g/mol. The van der Waals surface area contributed by atoms with Crippen molar-refractivity contribution in [2.45, 2.75) is 24.4 Å². The summed E-state index contributed by atoms with van der Waals surface area (Å²) in [5, 5.41) is 9.93. The molecule has 11 nitrogen and oxygen atoms in total. The smallest absolute Gasteiger partial charge is 0.321 e. The molecule has 0 aliphatic heterocycles. The molecule has 3 amide bonds. The Bertz CT molecular complexity index is 1700. The van der Waals surface area contributed by atoms with Gasteiger partial charge in [0.25, 0.3) is 0 Å². The maximum Gasteiger partial charge on any atom is 0.321 e. The third kappa shape index (κ3) is 7.04. The van der Waals surface area contributed by atoms with Gasteiger partial charge in [0.05, 0.1) is 11.5 Å². The van der Waals surface area contributed by atoms with Crippen molar-refractivity contribution in [2.24, 2.45) is 0 Å². The molecule has 4 aromatic rings. The molecule has 220 valence electrons. The molecular weight excluding hydrogens is 563 g/mol. The molecule has 0 fully saturated rings. The van der Waals surface area contributed by atoms with Gasteiger partial charge in [0, 0.05) is 49.2 Å². The first-order chi connectivity index (χ1) is 20.1. The van der Waals surface area contributed by atoms with Gasteiger partial charge in [-0.15, -0.1) is 0 Å². The van der Waals surface area contributed by atoms with E-state index in [4.69, 9.17) is 10.5 Å². The number of pyridine rings is 1. The molecule has 0 saturated heterocycles. The predicted octanol–water partition coefficient (Wildman–Crippen LogP) is 3.89. The van der Waals surface area contributed by atoms with Crippen molar-refractivity contribution in [2.75, 3.05) is 37.1 Å². The Morgan fingerprint density at radius 2 is 1.81 bits per heavy atom. The normalized spacial score (nSPS) is 11.6. The molecule has 4 rings (SSSR count). The fourth-order valence-electron chi connectivity index (χ4n) is 4.24. The first-order valence-corrected chi connectivity index (χ1v) is 14.1. The molecule has 0 aliphatic carbocycles. The minimum atomic E-state index is -3.01. The van der Waals surface area contributed by atoms with Gasteiger partial charge >= 0.3 is 6.03 Å². The lowest BCUT2D eigenvalue weighted by Crippen LogP contribution is -2.34. The van der Waals surface area contributed by atoms with Gasteiger partial charge in [-0.25, -0.2) is 22.6 Å². The van der Waals surface area contributed by atoms with E-state index in [9.17, 15) is 18.0 Å². The monoisotopic (exact) mass is 594 g/mol. The van der Waals surface area contributed by atoms with Crippen LogP contribution >= 0.6 is 0 Å². The highest BCUT2D eigenvalue weighted by atomic mass is 32.2. The van der Waals surface area contributed by atoms with Crippen LogP contribution < -0.4 is 26.4 Å². The highest BCUT2D eigenvalue weighted by Gasteiger charge is 2.25. The molecule has 0 spiro atoms. The second-order valence-corrected chi connectivity index (χ2v) is 10.5. The number of anilines is 3. The highest BCUT2D eigenvalue weighted by molar-refractivity contribution is 7.72. The summed E-state index contributed by atoms with van der Waals surface area (Å²) in [6.07, 6.45) is 1.56. The zero-order valence-electron chi connectivity index (χ0n) is 23.2. The van der Waals surface area contributed by atoms with Crippen LogP contribution in [0.3, 0.4) is 0 Å². The number of carbonyl (C=O) groups is 2. The number of thiol groups is 1. The molecule has 1 unspecified atom stereocenters. The quantitative estimate of drug-likeness (QED) is 0.173. The fourth-order valence-corrected chi connectivity index (χ4v) is 4.82. The van der Waals surface area contributed by atoms with E-state index < -0.39 is 34.5 Å². The second kappa shape index (κ2) is 13.2. The molecule has 42 heavy (non-hydrogen) atoms. The van der Waals surface area contributed by atoms with Crippen molar-refractivity contribution >= 4 is 50.6 Å². The first-order valence-electron chi connectivity index (χ1n) is 12.9. The molecule has 1 aromatic heterocycles. The van der Waals surface area contributed by atoms with Crippen LogP contribution in [0.2, 0.25) is 0 Å². The van der Waals surface area contributed by atoms with Crippen LogP contribution in [0.1, 0.15) is 24.1 Å². The van der Waals surface area contributed by atoms with E-state index in [1.165, 1.54) is 41.3 Å². The number of amides is 3. The number of rotatable bonds is 10. The summed E-state index contributed by atoms with van der Waals surface area (Å²) in [5.41, 5.74) is 7.08. The third-order valence-electron chi connectivity index (χ3n) is 6.34. The van der Waals surface area contributed by atoms with Crippen molar-refractivity contribution in [3.8, 4) is 5.75 Å².